The molecule has 3 rings (SSSR count). The van der Waals surface area contributed by atoms with Crippen molar-refractivity contribution in [1.82, 2.24) is 9.88 Å². The Hall–Kier alpha value is -3.05. The van der Waals surface area contributed by atoms with Gasteiger partial charge in [0.1, 0.15) is 5.75 Å². The maximum atomic E-state index is 12.0. The first-order valence-corrected chi connectivity index (χ1v) is 10.2. The van der Waals surface area contributed by atoms with Crippen molar-refractivity contribution in [3.05, 3.63) is 88.2 Å². The second-order valence-electron chi connectivity index (χ2n) is 7.71. The molecule has 1 atom stereocenters. The number of hydrogen-bond acceptors (Lipinski definition) is 3. The molecule has 158 valence electrons. The third-order valence-corrected chi connectivity index (χ3v) is 5.74. The van der Waals surface area contributed by atoms with Gasteiger partial charge in [-0.2, -0.15) is 0 Å². The summed E-state index contributed by atoms with van der Waals surface area (Å²) in [5, 5.41) is 13.3. The minimum atomic E-state index is -0.878. The van der Waals surface area contributed by atoms with Gasteiger partial charge in [-0.25, -0.2) is 4.79 Å². The highest BCUT2D eigenvalue weighted by molar-refractivity contribution is 5.91. The molecular weight excluding hydrogens is 376 g/mol. The third-order valence-electron chi connectivity index (χ3n) is 5.74. The van der Waals surface area contributed by atoms with Gasteiger partial charge >= 0.3 is 5.97 Å². The zero-order valence-electron chi connectivity index (χ0n) is 18.1. The number of carbonyl (C=O) groups is 1. The Bertz CT molecular complexity index is 991. The lowest BCUT2D eigenvalue weighted by Crippen LogP contribution is -2.21. The molecule has 5 nitrogen and oxygen atoms in total. The second kappa shape index (κ2) is 9.63. The Kier molecular flexibility index (Phi) is 6.95. The Morgan fingerprint density at radius 3 is 2.33 bits per heavy atom. The molecule has 1 aromatic heterocycles. The molecule has 5 heteroatoms. The molecule has 0 saturated heterocycles. The quantitative estimate of drug-likeness (QED) is 0.538. The lowest BCUT2D eigenvalue weighted by atomic mass is 10.0. The zero-order valence-corrected chi connectivity index (χ0v) is 18.1. The number of carboxylic acid groups (broad SMARTS) is 1. The van der Waals surface area contributed by atoms with Crippen molar-refractivity contribution in [2.45, 2.75) is 39.8 Å². The highest BCUT2D eigenvalue weighted by Gasteiger charge is 2.22. The second-order valence-corrected chi connectivity index (χ2v) is 7.71. The van der Waals surface area contributed by atoms with Crippen LogP contribution in [-0.2, 0) is 13.1 Å². The van der Waals surface area contributed by atoms with Crippen molar-refractivity contribution in [1.29, 1.82) is 0 Å². The van der Waals surface area contributed by atoms with Gasteiger partial charge in [0, 0.05) is 36.6 Å². The van der Waals surface area contributed by atoms with Crippen LogP contribution in [-0.4, -0.2) is 29.3 Å². The van der Waals surface area contributed by atoms with Crippen LogP contribution >= 0.6 is 0 Å². The summed E-state index contributed by atoms with van der Waals surface area (Å²) in [5.41, 5.74) is 5.40. The Labute approximate surface area is 178 Å². The van der Waals surface area contributed by atoms with Gasteiger partial charge < -0.3 is 19.7 Å². The molecule has 0 aliphatic heterocycles. The van der Waals surface area contributed by atoms with Crippen LogP contribution in [0.25, 0.3) is 0 Å². The molecule has 2 aromatic carbocycles. The summed E-state index contributed by atoms with van der Waals surface area (Å²) >= 11 is 0. The zero-order chi connectivity index (χ0) is 21.7. The minimum Gasteiger partial charge on any atom is -0.497 e. The number of hydrogen-bond donors (Lipinski definition) is 2. The summed E-state index contributed by atoms with van der Waals surface area (Å²) in [6, 6.07) is 18.2. The van der Waals surface area contributed by atoms with E-state index < -0.39 is 5.97 Å². The smallest absolute Gasteiger partial charge is 0.337 e. The highest BCUT2D eigenvalue weighted by Crippen LogP contribution is 2.25. The van der Waals surface area contributed by atoms with E-state index in [0.717, 1.165) is 34.8 Å². The first-order valence-electron chi connectivity index (χ1n) is 10.2. The van der Waals surface area contributed by atoms with E-state index in [0.29, 0.717) is 24.6 Å². The van der Waals surface area contributed by atoms with Crippen molar-refractivity contribution in [3.8, 4) is 5.75 Å². The molecule has 0 unspecified atom stereocenters. The van der Waals surface area contributed by atoms with Crippen LogP contribution < -0.4 is 10.1 Å². The molecule has 2 N–H and O–H groups in total. The highest BCUT2D eigenvalue weighted by atomic mass is 16.5. The SMILES string of the molecule is COc1ccc(Cn2c(C)c(CNC[C@H](C)c3ccccc3)c(C(=O)O)c2C)cc1. The number of aromatic nitrogens is 1. The van der Waals surface area contributed by atoms with E-state index in [1.54, 1.807) is 7.11 Å². The number of benzene rings is 2. The molecule has 0 aliphatic rings. The molecule has 0 radical (unpaired) electrons. The van der Waals surface area contributed by atoms with Crippen molar-refractivity contribution in [3.63, 3.8) is 0 Å². The van der Waals surface area contributed by atoms with E-state index in [1.807, 2.05) is 56.3 Å². The number of carboxylic acids is 1. The Morgan fingerprint density at radius 1 is 1.07 bits per heavy atom. The molecule has 30 heavy (non-hydrogen) atoms. The molecule has 0 aliphatic carbocycles. The fourth-order valence-electron chi connectivity index (χ4n) is 3.91. The fourth-order valence-corrected chi connectivity index (χ4v) is 3.91. The molecule has 0 spiro atoms. The van der Waals surface area contributed by atoms with E-state index in [2.05, 4.69) is 28.9 Å². The average Bonchev–Trinajstić information content (AvgIpc) is 2.99. The molecule has 1 heterocycles. The number of methoxy groups -OCH3 is 1. The summed E-state index contributed by atoms with van der Waals surface area (Å²) in [6.07, 6.45) is 0. The van der Waals surface area contributed by atoms with E-state index in [-0.39, 0.29) is 0 Å². The standard InChI is InChI=1S/C25H30N2O3/c1-17(21-8-6-5-7-9-21)14-26-15-23-18(2)27(19(3)24(23)25(28)29)16-20-10-12-22(30-4)13-11-20/h5-13,17,26H,14-16H2,1-4H3,(H,28,29)/t17-/m0/s1. The third kappa shape index (κ3) is 4.74. The van der Waals surface area contributed by atoms with Gasteiger partial charge in [-0.3, -0.25) is 0 Å². The summed E-state index contributed by atoms with van der Waals surface area (Å²) in [6.45, 7) is 8.00. The van der Waals surface area contributed by atoms with Crippen molar-refractivity contribution in [2.24, 2.45) is 0 Å². The van der Waals surface area contributed by atoms with Gasteiger partial charge in [0.05, 0.1) is 12.7 Å². The predicted octanol–water partition coefficient (Wildman–Crippen LogP) is 4.75. The van der Waals surface area contributed by atoms with Crippen LogP contribution in [0.15, 0.2) is 54.6 Å². The lowest BCUT2D eigenvalue weighted by molar-refractivity contribution is 0.0694. The molecule has 0 bridgehead atoms. The van der Waals surface area contributed by atoms with Gasteiger partial charge in [0.2, 0.25) is 0 Å². The van der Waals surface area contributed by atoms with Gasteiger partial charge in [-0.1, -0.05) is 49.4 Å². The summed E-state index contributed by atoms with van der Waals surface area (Å²) < 4.78 is 7.31. The monoisotopic (exact) mass is 406 g/mol. The van der Waals surface area contributed by atoms with Crippen LogP contribution in [0.4, 0.5) is 0 Å². The van der Waals surface area contributed by atoms with E-state index >= 15 is 0 Å². The lowest BCUT2D eigenvalue weighted by Gasteiger charge is -2.14. The number of nitrogens with zero attached hydrogens (tertiary/aromatic N) is 1. The molecule has 3 aromatic rings. The maximum Gasteiger partial charge on any atom is 0.337 e. The summed E-state index contributed by atoms with van der Waals surface area (Å²) in [5.74, 6) is 0.280. The first kappa shape index (κ1) is 21.7. The maximum absolute atomic E-state index is 12.0. The van der Waals surface area contributed by atoms with Crippen molar-refractivity contribution < 1.29 is 14.6 Å². The van der Waals surface area contributed by atoms with Gasteiger partial charge in [0.15, 0.2) is 0 Å². The first-order chi connectivity index (χ1) is 14.4. The summed E-state index contributed by atoms with van der Waals surface area (Å²) in [4.78, 5) is 12.0. The molecule has 0 fully saturated rings. The molecular formula is C25H30N2O3. The van der Waals surface area contributed by atoms with E-state index in [1.165, 1.54) is 5.56 Å². The van der Waals surface area contributed by atoms with Crippen molar-refractivity contribution in [2.75, 3.05) is 13.7 Å². The van der Waals surface area contributed by atoms with Gasteiger partial charge in [-0.05, 0) is 43.0 Å². The predicted molar refractivity (Wildman–Crippen MR) is 120 cm³/mol. The van der Waals surface area contributed by atoms with Crippen LogP contribution in [0.1, 0.15) is 51.3 Å². The Balaban J connectivity index is 1.78. The summed E-state index contributed by atoms with van der Waals surface area (Å²) in [7, 11) is 1.65. The number of nitrogens with one attached hydrogen (secondary N) is 1. The van der Waals surface area contributed by atoms with Crippen molar-refractivity contribution >= 4 is 5.97 Å². The van der Waals surface area contributed by atoms with Crippen LogP contribution in [0.2, 0.25) is 0 Å². The van der Waals surface area contributed by atoms with Crippen LogP contribution in [0.5, 0.6) is 5.75 Å². The van der Waals surface area contributed by atoms with Crippen LogP contribution in [0.3, 0.4) is 0 Å². The van der Waals surface area contributed by atoms with Gasteiger partial charge in [0.25, 0.3) is 0 Å². The number of rotatable bonds is 9. The van der Waals surface area contributed by atoms with E-state index in [9.17, 15) is 9.90 Å². The molecule has 0 amide bonds. The Morgan fingerprint density at radius 2 is 1.73 bits per heavy atom. The van der Waals surface area contributed by atoms with Gasteiger partial charge in [-0.15, -0.1) is 0 Å². The van der Waals surface area contributed by atoms with E-state index in [4.69, 9.17) is 4.74 Å². The molecule has 0 saturated carbocycles. The normalized spacial score (nSPS) is 12.0. The number of ether oxygens (including phenoxy) is 1. The average molecular weight is 407 g/mol. The van der Waals surface area contributed by atoms with Crippen LogP contribution in [0, 0.1) is 13.8 Å². The largest absolute Gasteiger partial charge is 0.497 e. The minimum absolute atomic E-state index is 0.349. The fraction of sp³-hybridized carbons (Fsp3) is 0.320. The topological polar surface area (TPSA) is 63.5 Å². The number of aromatic carboxylic acids is 1.